The number of rotatable bonds is 6. The molecule has 0 spiro atoms. The van der Waals surface area contributed by atoms with Crippen molar-refractivity contribution >= 4 is 8.58 Å². The Balaban J connectivity index is 0.000000335. The molecule has 2 rings (SSSR count). The zero-order valence-electron chi connectivity index (χ0n) is 15.6. The Labute approximate surface area is 141 Å². The summed E-state index contributed by atoms with van der Waals surface area (Å²) < 4.78 is 0. The molecule has 2 aliphatic heterocycles. The van der Waals surface area contributed by atoms with Gasteiger partial charge in [-0.2, -0.15) is 0 Å². The van der Waals surface area contributed by atoms with Crippen LogP contribution in [0.3, 0.4) is 0 Å². The van der Waals surface area contributed by atoms with E-state index >= 15 is 0 Å². The Morgan fingerprint density at radius 1 is 1.00 bits per heavy atom. The summed E-state index contributed by atoms with van der Waals surface area (Å²) in [6.07, 6.45) is 8.25. The van der Waals surface area contributed by atoms with E-state index in [1.807, 2.05) is 0 Å². The van der Waals surface area contributed by atoms with Gasteiger partial charge in [0.15, 0.2) is 0 Å². The Bertz CT molecular complexity index is 248. The first-order valence-corrected chi connectivity index (χ1v) is 11.1. The van der Waals surface area contributed by atoms with Crippen molar-refractivity contribution in [2.45, 2.75) is 58.4 Å². The number of nitrogens with zero attached hydrogens (tertiary/aromatic N) is 2. The molecule has 0 aliphatic carbocycles. The summed E-state index contributed by atoms with van der Waals surface area (Å²) in [6, 6.07) is 0. The second kappa shape index (κ2) is 11.8. The van der Waals surface area contributed by atoms with E-state index in [0.717, 1.165) is 8.58 Å². The van der Waals surface area contributed by atoms with Crippen molar-refractivity contribution in [2.75, 3.05) is 58.6 Å². The van der Waals surface area contributed by atoms with Crippen molar-refractivity contribution in [3.8, 4) is 0 Å². The maximum Gasteiger partial charge on any atom is 0.0190 e. The third kappa shape index (κ3) is 8.24. The fourth-order valence-electron chi connectivity index (χ4n) is 3.30. The van der Waals surface area contributed by atoms with Gasteiger partial charge in [-0.15, -0.1) is 8.58 Å². The molecule has 0 aromatic rings. The molecule has 1 unspecified atom stereocenters. The second-order valence-electron chi connectivity index (χ2n) is 7.34. The van der Waals surface area contributed by atoms with Gasteiger partial charge < -0.3 is 10.2 Å². The number of nitrogens with one attached hydrogen (secondary N) is 1. The van der Waals surface area contributed by atoms with Gasteiger partial charge in [-0.1, -0.05) is 19.8 Å². The standard InChI is InChI=1S/C13H29N2P.C5H11N/c1-5-6-7-14-8-10-15(11-9-14)13(2,3)12-16-4;1-2-4-6-5-3-1/h16H,5-12H2,1-4H3;6H,1-5H2. The minimum absolute atomic E-state index is 0.421. The highest BCUT2D eigenvalue weighted by molar-refractivity contribution is 7.37. The molecule has 0 amide bonds. The van der Waals surface area contributed by atoms with Crippen LogP contribution in [0.1, 0.15) is 52.9 Å². The molecular weight excluding hydrogens is 289 g/mol. The molecule has 2 heterocycles. The van der Waals surface area contributed by atoms with Gasteiger partial charge in [0.1, 0.15) is 0 Å². The monoisotopic (exact) mass is 329 g/mol. The first-order chi connectivity index (χ1) is 10.6. The molecule has 0 saturated carbocycles. The summed E-state index contributed by atoms with van der Waals surface area (Å²) in [5.41, 5.74) is 0.421. The molecule has 3 nitrogen and oxygen atoms in total. The molecule has 2 saturated heterocycles. The van der Waals surface area contributed by atoms with Crippen molar-refractivity contribution < 1.29 is 0 Å². The van der Waals surface area contributed by atoms with Crippen LogP contribution in [0.4, 0.5) is 0 Å². The fraction of sp³-hybridized carbons (Fsp3) is 1.00. The largest absolute Gasteiger partial charge is 0.317 e. The van der Waals surface area contributed by atoms with Gasteiger partial charge in [0.05, 0.1) is 0 Å². The molecule has 1 atom stereocenters. The number of hydrogen-bond donors (Lipinski definition) is 1. The molecule has 22 heavy (non-hydrogen) atoms. The van der Waals surface area contributed by atoms with Crippen LogP contribution in [0, 0.1) is 0 Å². The lowest BCUT2D eigenvalue weighted by molar-refractivity contribution is 0.0640. The number of piperazine rings is 1. The maximum absolute atomic E-state index is 3.28. The molecule has 4 heteroatoms. The number of unbranched alkanes of at least 4 members (excludes halogenated alkanes) is 1. The van der Waals surface area contributed by atoms with E-state index in [2.05, 4.69) is 42.6 Å². The van der Waals surface area contributed by atoms with Crippen LogP contribution in [0.2, 0.25) is 0 Å². The molecule has 132 valence electrons. The summed E-state index contributed by atoms with van der Waals surface area (Å²) in [5, 5.41) is 3.28. The first kappa shape index (κ1) is 20.4. The van der Waals surface area contributed by atoms with Crippen molar-refractivity contribution in [3.05, 3.63) is 0 Å². The van der Waals surface area contributed by atoms with Crippen LogP contribution in [0.25, 0.3) is 0 Å². The lowest BCUT2D eigenvalue weighted by atomic mass is 10.0. The molecule has 2 aliphatic rings. The van der Waals surface area contributed by atoms with Crippen LogP contribution in [-0.2, 0) is 0 Å². The quantitative estimate of drug-likeness (QED) is 0.755. The molecular formula is C18H40N3P. The average Bonchev–Trinajstić information content (AvgIpc) is 2.55. The fourth-order valence-corrected chi connectivity index (χ4v) is 4.39. The summed E-state index contributed by atoms with van der Waals surface area (Å²) in [7, 11) is 1.07. The normalized spacial score (nSPS) is 21.8. The molecule has 0 aromatic carbocycles. The number of hydrogen-bond acceptors (Lipinski definition) is 3. The van der Waals surface area contributed by atoms with E-state index < -0.39 is 0 Å². The minimum atomic E-state index is 0.421. The smallest absolute Gasteiger partial charge is 0.0190 e. The Morgan fingerprint density at radius 2 is 1.64 bits per heavy atom. The van der Waals surface area contributed by atoms with E-state index in [4.69, 9.17) is 0 Å². The van der Waals surface area contributed by atoms with Crippen molar-refractivity contribution in [3.63, 3.8) is 0 Å². The van der Waals surface area contributed by atoms with Gasteiger partial charge in [-0.25, -0.2) is 0 Å². The maximum atomic E-state index is 3.28. The van der Waals surface area contributed by atoms with E-state index in [1.165, 1.54) is 84.1 Å². The Morgan fingerprint density at radius 3 is 2.05 bits per heavy atom. The third-order valence-electron chi connectivity index (χ3n) is 4.87. The molecule has 2 fully saturated rings. The predicted molar refractivity (Wildman–Crippen MR) is 103 cm³/mol. The van der Waals surface area contributed by atoms with Crippen molar-refractivity contribution in [1.82, 2.24) is 15.1 Å². The molecule has 0 radical (unpaired) electrons. The zero-order valence-corrected chi connectivity index (χ0v) is 16.6. The average molecular weight is 330 g/mol. The van der Waals surface area contributed by atoms with Gasteiger partial charge >= 0.3 is 0 Å². The Kier molecular flexibility index (Phi) is 10.9. The number of piperidine rings is 1. The van der Waals surface area contributed by atoms with Crippen LogP contribution in [-0.4, -0.2) is 74.0 Å². The minimum Gasteiger partial charge on any atom is -0.317 e. The Hall–Kier alpha value is 0.310. The van der Waals surface area contributed by atoms with Gasteiger partial charge in [-0.05, 0) is 65.6 Å². The van der Waals surface area contributed by atoms with Gasteiger partial charge in [-0.3, -0.25) is 4.90 Å². The highest BCUT2D eigenvalue weighted by atomic mass is 31.1. The van der Waals surface area contributed by atoms with Crippen molar-refractivity contribution in [2.24, 2.45) is 0 Å². The summed E-state index contributed by atoms with van der Waals surface area (Å²) >= 11 is 0. The topological polar surface area (TPSA) is 18.5 Å². The van der Waals surface area contributed by atoms with E-state index in [1.54, 1.807) is 0 Å². The van der Waals surface area contributed by atoms with E-state index in [0.29, 0.717) is 5.54 Å². The van der Waals surface area contributed by atoms with Crippen LogP contribution in [0.15, 0.2) is 0 Å². The van der Waals surface area contributed by atoms with Crippen LogP contribution in [0.5, 0.6) is 0 Å². The lowest BCUT2D eigenvalue weighted by Crippen LogP contribution is -2.55. The van der Waals surface area contributed by atoms with Crippen molar-refractivity contribution in [1.29, 1.82) is 0 Å². The first-order valence-electron chi connectivity index (χ1n) is 9.43. The third-order valence-corrected chi connectivity index (χ3v) is 6.09. The van der Waals surface area contributed by atoms with Gasteiger partial charge in [0, 0.05) is 31.7 Å². The van der Waals surface area contributed by atoms with E-state index in [9.17, 15) is 0 Å². The molecule has 0 aromatic heterocycles. The molecule has 1 N–H and O–H groups in total. The zero-order chi connectivity index (χ0) is 16.3. The highest BCUT2D eigenvalue weighted by Gasteiger charge is 2.28. The van der Waals surface area contributed by atoms with E-state index in [-0.39, 0.29) is 0 Å². The summed E-state index contributed by atoms with van der Waals surface area (Å²) in [4.78, 5) is 5.32. The van der Waals surface area contributed by atoms with Gasteiger partial charge in [0.2, 0.25) is 0 Å². The highest BCUT2D eigenvalue weighted by Crippen LogP contribution is 2.23. The molecule has 0 bridgehead atoms. The van der Waals surface area contributed by atoms with Gasteiger partial charge in [0.25, 0.3) is 0 Å². The SMILES string of the molecule is C1CCNCC1.CCCCN1CCN(C(C)(C)CPC)CC1. The van der Waals surface area contributed by atoms with Crippen LogP contribution >= 0.6 is 8.58 Å². The second-order valence-corrected chi connectivity index (χ2v) is 8.40. The lowest BCUT2D eigenvalue weighted by Gasteiger charge is -2.44. The predicted octanol–water partition coefficient (Wildman–Crippen LogP) is 3.25. The summed E-state index contributed by atoms with van der Waals surface area (Å²) in [6.45, 7) is 18.3. The van der Waals surface area contributed by atoms with Crippen LogP contribution < -0.4 is 5.32 Å². The summed E-state index contributed by atoms with van der Waals surface area (Å²) in [5.74, 6) is 0.